The number of carbonyl (C=O) groups excluding carboxylic acids is 1. The summed E-state index contributed by atoms with van der Waals surface area (Å²) in [6, 6.07) is 5.03. The lowest BCUT2D eigenvalue weighted by Gasteiger charge is -2.16. The minimum atomic E-state index is -0.902. The van der Waals surface area contributed by atoms with Gasteiger partial charge < -0.3 is 10.4 Å². The van der Waals surface area contributed by atoms with Crippen molar-refractivity contribution < 1.29 is 14.7 Å². The maximum Gasteiger partial charge on any atom is 0.304 e. The first-order chi connectivity index (χ1) is 11.0. The minimum absolute atomic E-state index is 0.0227. The number of carbonyl (C=O) groups is 2. The van der Waals surface area contributed by atoms with Gasteiger partial charge >= 0.3 is 5.97 Å². The highest BCUT2D eigenvalue weighted by atomic mass is 35.5. The Hall–Kier alpha value is -2.45. The van der Waals surface area contributed by atoms with Gasteiger partial charge in [0.05, 0.1) is 24.3 Å². The predicted molar refractivity (Wildman–Crippen MR) is 84.7 cm³/mol. The fourth-order valence-corrected chi connectivity index (χ4v) is 2.11. The average molecular weight is 338 g/mol. The van der Waals surface area contributed by atoms with Gasteiger partial charge in [0.1, 0.15) is 12.7 Å². The molecule has 0 aliphatic carbocycles. The Morgan fingerprint density at radius 2 is 2.22 bits per heavy atom. The molecule has 1 heterocycles. The van der Waals surface area contributed by atoms with E-state index in [1.165, 1.54) is 17.3 Å². The zero-order valence-electron chi connectivity index (χ0n) is 12.4. The summed E-state index contributed by atoms with van der Waals surface area (Å²) >= 11 is 5.98. The van der Waals surface area contributed by atoms with Gasteiger partial charge in [-0.25, -0.2) is 9.67 Å². The summed E-state index contributed by atoms with van der Waals surface area (Å²) in [4.78, 5) is 28.1. The zero-order chi connectivity index (χ0) is 16.8. The molecule has 1 aromatic heterocycles. The lowest BCUT2D eigenvalue weighted by atomic mass is 10.2. The van der Waals surface area contributed by atoms with Crippen molar-refractivity contribution in [2.45, 2.75) is 6.42 Å². The zero-order valence-corrected chi connectivity index (χ0v) is 13.2. The third kappa shape index (κ3) is 5.04. The third-order valence-electron chi connectivity index (χ3n) is 3.02. The SMILES string of the molecule is CN(CCC(=O)O)CC(=O)Nc1cc(Cl)ccc1-n1cncn1. The van der Waals surface area contributed by atoms with Crippen molar-refractivity contribution in [3.8, 4) is 5.69 Å². The van der Waals surface area contributed by atoms with Crippen molar-refractivity contribution in [1.29, 1.82) is 0 Å². The fraction of sp³-hybridized carbons (Fsp3) is 0.286. The number of aliphatic carboxylic acids is 1. The molecule has 9 heteroatoms. The second kappa shape index (κ2) is 7.70. The fourth-order valence-electron chi connectivity index (χ4n) is 1.94. The average Bonchev–Trinajstić information content (AvgIpc) is 2.99. The van der Waals surface area contributed by atoms with E-state index in [0.29, 0.717) is 16.4 Å². The van der Waals surface area contributed by atoms with Crippen LogP contribution in [0.4, 0.5) is 5.69 Å². The standard InChI is InChI=1S/C14H16ClN5O3/c1-19(5-4-14(22)23)7-13(21)18-11-6-10(15)2-3-12(11)20-9-16-8-17-20/h2-3,6,8-9H,4-5,7H2,1H3,(H,18,21)(H,22,23). The molecule has 2 rings (SSSR count). The first-order valence-electron chi connectivity index (χ1n) is 6.80. The van der Waals surface area contributed by atoms with E-state index in [-0.39, 0.29) is 25.4 Å². The van der Waals surface area contributed by atoms with E-state index in [0.717, 1.165) is 0 Å². The number of likely N-dealkylation sites (N-methyl/N-ethyl adjacent to an activating group) is 1. The topological polar surface area (TPSA) is 100 Å². The molecular formula is C14H16ClN5O3. The second-order valence-corrected chi connectivity index (χ2v) is 5.37. The second-order valence-electron chi connectivity index (χ2n) is 4.93. The number of halogens is 1. The van der Waals surface area contributed by atoms with E-state index in [2.05, 4.69) is 15.4 Å². The van der Waals surface area contributed by atoms with E-state index < -0.39 is 5.97 Å². The molecule has 0 unspecified atom stereocenters. The highest BCUT2D eigenvalue weighted by Crippen LogP contribution is 2.23. The number of hydrogen-bond donors (Lipinski definition) is 2. The summed E-state index contributed by atoms with van der Waals surface area (Å²) < 4.78 is 1.51. The van der Waals surface area contributed by atoms with E-state index in [1.807, 2.05) is 0 Å². The van der Waals surface area contributed by atoms with Crippen LogP contribution < -0.4 is 5.32 Å². The molecule has 2 aromatic rings. The number of carboxylic acids is 1. The molecule has 0 fully saturated rings. The van der Waals surface area contributed by atoms with Gasteiger partial charge in [0, 0.05) is 11.6 Å². The number of hydrogen-bond acceptors (Lipinski definition) is 5. The Morgan fingerprint density at radius 3 is 2.87 bits per heavy atom. The molecule has 0 bridgehead atoms. The molecule has 0 saturated carbocycles. The van der Waals surface area contributed by atoms with Crippen molar-refractivity contribution >= 4 is 29.2 Å². The maximum absolute atomic E-state index is 12.1. The van der Waals surface area contributed by atoms with Crippen molar-refractivity contribution in [2.24, 2.45) is 0 Å². The van der Waals surface area contributed by atoms with Gasteiger partial charge in [-0.1, -0.05) is 11.6 Å². The number of carboxylic acid groups (broad SMARTS) is 1. The van der Waals surface area contributed by atoms with E-state index in [9.17, 15) is 9.59 Å². The van der Waals surface area contributed by atoms with Crippen molar-refractivity contribution in [3.05, 3.63) is 35.9 Å². The monoisotopic (exact) mass is 337 g/mol. The molecule has 1 amide bonds. The van der Waals surface area contributed by atoms with Gasteiger partial charge in [-0.3, -0.25) is 14.5 Å². The Kier molecular flexibility index (Phi) is 5.67. The normalized spacial score (nSPS) is 10.7. The van der Waals surface area contributed by atoms with E-state index in [1.54, 1.807) is 30.1 Å². The van der Waals surface area contributed by atoms with E-state index in [4.69, 9.17) is 16.7 Å². The lowest BCUT2D eigenvalue weighted by molar-refractivity contribution is -0.137. The highest BCUT2D eigenvalue weighted by Gasteiger charge is 2.12. The van der Waals surface area contributed by atoms with Crippen LogP contribution in [0.1, 0.15) is 6.42 Å². The van der Waals surface area contributed by atoms with Crippen LogP contribution in [0.15, 0.2) is 30.9 Å². The summed E-state index contributed by atoms with van der Waals surface area (Å²) in [5.74, 6) is -1.18. The van der Waals surface area contributed by atoms with Crippen LogP contribution in [0.2, 0.25) is 5.02 Å². The van der Waals surface area contributed by atoms with Crippen LogP contribution >= 0.6 is 11.6 Å². The van der Waals surface area contributed by atoms with Crippen LogP contribution in [0.3, 0.4) is 0 Å². The lowest BCUT2D eigenvalue weighted by Crippen LogP contribution is -2.32. The minimum Gasteiger partial charge on any atom is -0.481 e. The molecule has 0 aliphatic heterocycles. The number of aromatic nitrogens is 3. The highest BCUT2D eigenvalue weighted by molar-refractivity contribution is 6.31. The summed E-state index contributed by atoms with van der Waals surface area (Å²) in [6.45, 7) is 0.352. The Morgan fingerprint density at radius 1 is 1.43 bits per heavy atom. The summed E-state index contributed by atoms with van der Waals surface area (Å²) in [7, 11) is 1.68. The number of nitrogens with one attached hydrogen (secondary N) is 1. The summed E-state index contributed by atoms with van der Waals surface area (Å²) in [6.07, 6.45) is 2.88. The molecule has 2 N–H and O–H groups in total. The number of nitrogens with zero attached hydrogens (tertiary/aromatic N) is 4. The van der Waals surface area contributed by atoms with Crippen LogP contribution in [0.25, 0.3) is 5.69 Å². The van der Waals surface area contributed by atoms with Gasteiger partial charge in [0.15, 0.2) is 0 Å². The molecular weight excluding hydrogens is 322 g/mol. The molecule has 0 saturated heterocycles. The van der Waals surface area contributed by atoms with Crippen molar-refractivity contribution in [1.82, 2.24) is 19.7 Å². The molecule has 0 spiro atoms. The number of benzene rings is 1. The summed E-state index contributed by atoms with van der Waals surface area (Å²) in [5, 5.41) is 15.9. The molecule has 0 radical (unpaired) electrons. The van der Waals surface area contributed by atoms with Crippen LogP contribution in [0, 0.1) is 0 Å². The molecule has 8 nitrogen and oxygen atoms in total. The first kappa shape index (κ1) is 16.9. The molecule has 1 aromatic carbocycles. The van der Waals surface area contributed by atoms with Crippen LogP contribution in [-0.2, 0) is 9.59 Å². The smallest absolute Gasteiger partial charge is 0.304 e. The molecule has 122 valence electrons. The van der Waals surface area contributed by atoms with Gasteiger partial charge in [-0.15, -0.1) is 0 Å². The quantitative estimate of drug-likeness (QED) is 0.789. The van der Waals surface area contributed by atoms with Crippen LogP contribution in [-0.4, -0.2) is 56.8 Å². The van der Waals surface area contributed by atoms with Gasteiger partial charge in [-0.05, 0) is 25.2 Å². The number of amides is 1. The van der Waals surface area contributed by atoms with Gasteiger partial charge in [-0.2, -0.15) is 5.10 Å². The number of rotatable bonds is 7. The molecule has 0 aliphatic rings. The largest absolute Gasteiger partial charge is 0.481 e. The summed E-state index contributed by atoms with van der Waals surface area (Å²) in [5.41, 5.74) is 1.13. The van der Waals surface area contributed by atoms with E-state index >= 15 is 0 Å². The number of anilines is 1. The Labute approximate surface area is 137 Å². The Balaban J connectivity index is 2.06. The van der Waals surface area contributed by atoms with Gasteiger partial charge in [0.25, 0.3) is 0 Å². The van der Waals surface area contributed by atoms with Gasteiger partial charge in [0.2, 0.25) is 5.91 Å². The molecule has 0 atom stereocenters. The van der Waals surface area contributed by atoms with Crippen molar-refractivity contribution in [3.63, 3.8) is 0 Å². The van der Waals surface area contributed by atoms with Crippen LogP contribution in [0.5, 0.6) is 0 Å². The maximum atomic E-state index is 12.1. The predicted octanol–water partition coefficient (Wildman–Crippen LogP) is 1.27. The first-order valence-corrected chi connectivity index (χ1v) is 7.18. The third-order valence-corrected chi connectivity index (χ3v) is 3.25. The van der Waals surface area contributed by atoms with Crippen molar-refractivity contribution in [2.75, 3.05) is 25.5 Å². The Bertz CT molecular complexity index is 690. The molecule has 23 heavy (non-hydrogen) atoms.